The van der Waals surface area contributed by atoms with Gasteiger partial charge in [-0.25, -0.2) is 0 Å². The molecule has 0 heterocycles. The molecule has 0 spiro atoms. The summed E-state index contributed by atoms with van der Waals surface area (Å²) in [4.78, 5) is 12.1. The molecule has 1 fully saturated rings. The standard InChI is InChI=1S/C20H27NO3/c1-2-21-13-6-7-14-24-19(23)15-17-11-8-12-18(22)20(17)16-9-4-3-5-10-16/h8,11-12,16,21-22H,2-5,9-10,13-15H2,1H3. The van der Waals surface area contributed by atoms with Crippen LogP contribution in [0.15, 0.2) is 18.2 Å². The van der Waals surface area contributed by atoms with Crippen molar-refractivity contribution in [2.75, 3.05) is 19.7 Å². The minimum atomic E-state index is -0.296. The average molecular weight is 329 g/mol. The molecule has 1 aromatic carbocycles. The second-order valence-corrected chi connectivity index (χ2v) is 6.16. The van der Waals surface area contributed by atoms with Crippen molar-refractivity contribution in [1.29, 1.82) is 0 Å². The Bertz CT molecular complexity index is 595. The van der Waals surface area contributed by atoms with Gasteiger partial charge in [0, 0.05) is 5.56 Å². The van der Waals surface area contributed by atoms with Gasteiger partial charge in [-0.2, -0.15) is 0 Å². The summed E-state index contributed by atoms with van der Waals surface area (Å²) in [5.74, 6) is 6.08. The molecular formula is C20H27NO3. The van der Waals surface area contributed by atoms with Crippen molar-refractivity contribution in [3.05, 3.63) is 29.3 Å². The zero-order valence-electron chi connectivity index (χ0n) is 14.4. The predicted molar refractivity (Wildman–Crippen MR) is 94.9 cm³/mol. The quantitative estimate of drug-likeness (QED) is 0.478. The first kappa shape index (κ1) is 18.4. The van der Waals surface area contributed by atoms with Gasteiger partial charge in [0.15, 0.2) is 6.61 Å². The summed E-state index contributed by atoms with van der Waals surface area (Å²) in [6.07, 6.45) is 5.97. The molecule has 130 valence electrons. The summed E-state index contributed by atoms with van der Waals surface area (Å²) in [5, 5.41) is 13.4. The molecule has 0 atom stereocenters. The number of esters is 1. The van der Waals surface area contributed by atoms with Crippen molar-refractivity contribution in [2.24, 2.45) is 0 Å². The molecular weight excluding hydrogens is 302 g/mol. The van der Waals surface area contributed by atoms with E-state index in [0.29, 0.717) is 18.2 Å². The van der Waals surface area contributed by atoms with E-state index in [9.17, 15) is 9.90 Å². The fourth-order valence-corrected chi connectivity index (χ4v) is 3.24. The number of carbonyl (C=O) groups excluding carboxylic acids is 1. The molecule has 0 aromatic heterocycles. The van der Waals surface area contributed by atoms with Crippen LogP contribution >= 0.6 is 0 Å². The van der Waals surface area contributed by atoms with Gasteiger partial charge >= 0.3 is 5.97 Å². The molecule has 1 aromatic rings. The first-order valence-corrected chi connectivity index (χ1v) is 8.85. The van der Waals surface area contributed by atoms with Crippen LogP contribution in [0.3, 0.4) is 0 Å². The van der Waals surface area contributed by atoms with Crippen LogP contribution in [-0.4, -0.2) is 30.8 Å². The van der Waals surface area contributed by atoms with E-state index in [1.165, 1.54) is 19.3 Å². The molecule has 0 radical (unpaired) electrons. The Morgan fingerprint density at radius 3 is 2.83 bits per heavy atom. The lowest BCUT2D eigenvalue weighted by molar-refractivity contribution is -0.141. The molecule has 0 unspecified atom stereocenters. The molecule has 24 heavy (non-hydrogen) atoms. The summed E-state index contributed by atoms with van der Waals surface area (Å²) >= 11 is 0. The minimum absolute atomic E-state index is 0.113. The molecule has 1 aliphatic carbocycles. The number of phenolic OH excluding ortho intramolecular Hbond substituents is 1. The molecule has 1 saturated carbocycles. The van der Waals surface area contributed by atoms with Crippen molar-refractivity contribution in [3.63, 3.8) is 0 Å². The van der Waals surface area contributed by atoms with Crippen molar-refractivity contribution >= 4 is 5.97 Å². The summed E-state index contributed by atoms with van der Waals surface area (Å²) < 4.78 is 5.19. The number of rotatable bonds is 6. The summed E-state index contributed by atoms with van der Waals surface area (Å²) in [5.41, 5.74) is 1.82. The monoisotopic (exact) mass is 329 g/mol. The third-order valence-electron chi connectivity index (χ3n) is 4.42. The van der Waals surface area contributed by atoms with Gasteiger partial charge in [0.05, 0.1) is 13.0 Å². The van der Waals surface area contributed by atoms with Crippen molar-refractivity contribution in [1.82, 2.24) is 5.32 Å². The van der Waals surface area contributed by atoms with E-state index in [-0.39, 0.29) is 19.0 Å². The number of hydrogen-bond acceptors (Lipinski definition) is 4. The van der Waals surface area contributed by atoms with Crippen LogP contribution in [0.1, 0.15) is 56.1 Å². The number of ether oxygens (including phenoxy) is 1. The largest absolute Gasteiger partial charge is 0.508 e. The van der Waals surface area contributed by atoms with E-state index in [4.69, 9.17) is 4.74 Å². The van der Waals surface area contributed by atoms with Crippen LogP contribution in [0, 0.1) is 11.8 Å². The number of carbonyl (C=O) groups is 1. The van der Waals surface area contributed by atoms with Crippen LogP contribution in [0.25, 0.3) is 0 Å². The lowest BCUT2D eigenvalue weighted by Crippen LogP contribution is -2.14. The van der Waals surface area contributed by atoms with E-state index >= 15 is 0 Å². The molecule has 2 N–H and O–H groups in total. The molecule has 0 amide bonds. The highest BCUT2D eigenvalue weighted by molar-refractivity contribution is 5.73. The normalized spacial score (nSPS) is 14.7. The molecule has 1 aliphatic rings. The first-order valence-electron chi connectivity index (χ1n) is 8.85. The lowest BCUT2D eigenvalue weighted by atomic mass is 9.81. The van der Waals surface area contributed by atoms with Gasteiger partial charge in [-0.15, -0.1) is 0 Å². The zero-order chi connectivity index (χ0) is 17.2. The highest BCUT2D eigenvalue weighted by atomic mass is 16.5. The summed E-state index contributed by atoms with van der Waals surface area (Å²) in [6, 6.07) is 5.42. The zero-order valence-corrected chi connectivity index (χ0v) is 14.4. The highest BCUT2D eigenvalue weighted by Gasteiger charge is 2.22. The van der Waals surface area contributed by atoms with Crippen molar-refractivity contribution in [3.8, 4) is 17.6 Å². The molecule has 0 aliphatic heterocycles. The van der Waals surface area contributed by atoms with E-state index in [1.807, 2.05) is 13.0 Å². The maximum atomic E-state index is 12.1. The average Bonchev–Trinajstić information content (AvgIpc) is 2.59. The summed E-state index contributed by atoms with van der Waals surface area (Å²) in [6.45, 7) is 3.60. The van der Waals surface area contributed by atoms with Crippen LogP contribution in [0.5, 0.6) is 5.75 Å². The lowest BCUT2D eigenvalue weighted by Gasteiger charge is -2.25. The number of nitrogens with one attached hydrogen (secondary N) is 1. The Kier molecular flexibility index (Phi) is 7.64. The second-order valence-electron chi connectivity index (χ2n) is 6.16. The van der Waals surface area contributed by atoms with Crippen LogP contribution in [-0.2, 0) is 16.0 Å². The number of hydrogen-bond donors (Lipinski definition) is 2. The van der Waals surface area contributed by atoms with Crippen LogP contribution in [0.2, 0.25) is 0 Å². The topological polar surface area (TPSA) is 58.6 Å². The fourth-order valence-electron chi connectivity index (χ4n) is 3.24. The highest BCUT2D eigenvalue weighted by Crippen LogP contribution is 2.39. The second kappa shape index (κ2) is 10.00. The molecule has 0 bridgehead atoms. The van der Waals surface area contributed by atoms with Crippen LogP contribution < -0.4 is 5.32 Å². The van der Waals surface area contributed by atoms with Gasteiger partial charge in [0.2, 0.25) is 0 Å². The van der Waals surface area contributed by atoms with Crippen LogP contribution in [0.4, 0.5) is 0 Å². The molecule has 0 saturated heterocycles. The predicted octanol–water partition coefficient (Wildman–Crippen LogP) is 3.14. The maximum Gasteiger partial charge on any atom is 0.311 e. The summed E-state index contributed by atoms with van der Waals surface area (Å²) in [7, 11) is 0. The maximum absolute atomic E-state index is 12.1. The number of phenols is 1. The SMILES string of the molecule is CCNCC#CCOC(=O)Cc1cccc(O)c1C1CCCCC1. The minimum Gasteiger partial charge on any atom is -0.508 e. The molecule has 4 nitrogen and oxygen atoms in total. The van der Waals surface area contributed by atoms with Gasteiger partial charge in [0.25, 0.3) is 0 Å². The Morgan fingerprint density at radius 2 is 2.08 bits per heavy atom. The van der Waals surface area contributed by atoms with Gasteiger partial charge in [0.1, 0.15) is 5.75 Å². The van der Waals surface area contributed by atoms with Gasteiger partial charge < -0.3 is 15.2 Å². The van der Waals surface area contributed by atoms with Crippen molar-refractivity contribution < 1.29 is 14.6 Å². The number of aromatic hydroxyl groups is 1. The smallest absolute Gasteiger partial charge is 0.311 e. The third-order valence-corrected chi connectivity index (χ3v) is 4.42. The Morgan fingerprint density at radius 1 is 1.29 bits per heavy atom. The van der Waals surface area contributed by atoms with Gasteiger partial charge in [-0.1, -0.05) is 50.2 Å². The Hall–Kier alpha value is -1.99. The van der Waals surface area contributed by atoms with E-state index in [0.717, 1.165) is 30.5 Å². The Labute approximate surface area is 144 Å². The fraction of sp³-hybridized carbons (Fsp3) is 0.550. The molecule has 2 rings (SSSR count). The van der Waals surface area contributed by atoms with Gasteiger partial charge in [-0.05, 0) is 36.9 Å². The van der Waals surface area contributed by atoms with Crippen molar-refractivity contribution in [2.45, 2.75) is 51.4 Å². The van der Waals surface area contributed by atoms with E-state index in [2.05, 4.69) is 17.2 Å². The van der Waals surface area contributed by atoms with Gasteiger partial charge in [-0.3, -0.25) is 4.79 Å². The van der Waals surface area contributed by atoms with E-state index in [1.54, 1.807) is 12.1 Å². The third kappa shape index (κ3) is 5.58. The number of benzene rings is 1. The first-order chi connectivity index (χ1) is 11.7. The van der Waals surface area contributed by atoms with E-state index < -0.39 is 0 Å². The Balaban J connectivity index is 1.94. The molecule has 4 heteroatoms.